The number of rotatable bonds is 3. The molecule has 0 saturated heterocycles. The maximum Gasteiger partial charge on any atom is 0.255 e. The summed E-state index contributed by atoms with van der Waals surface area (Å²) in [5.41, 5.74) is 4.70. The van der Waals surface area contributed by atoms with Gasteiger partial charge in [-0.3, -0.25) is 14.2 Å². The van der Waals surface area contributed by atoms with E-state index in [2.05, 4.69) is 15.2 Å². The number of pyridine rings is 1. The average Bonchev–Trinajstić information content (AvgIpc) is 3.37. The molecular weight excluding hydrogens is 356 g/mol. The first kappa shape index (κ1) is 17.4. The van der Waals surface area contributed by atoms with Crippen molar-refractivity contribution >= 4 is 16.9 Å². The first-order valence-electron chi connectivity index (χ1n) is 9.77. The van der Waals surface area contributed by atoms with Crippen LogP contribution in [0.15, 0.2) is 12.1 Å². The smallest absolute Gasteiger partial charge is 0.255 e. The van der Waals surface area contributed by atoms with Gasteiger partial charge in [0.25, 0.3) is 5.91 Å². The summed E-state index contributed by atoms with van der Waals surface area (Å²) < 4.78 is 3.65. The molecule has 1 amide bonds. The summed E-state index contributed by atoms with van der Waals surface area (Å²) in [6.07, 6.45) is 1.65. The number of hydrogen-bond donors (Lipinski definition) is 1. The molecule has 8 nitrogen and oxygen atoms in total. The lowest BCUT2D eigenvalue weighted by Gasteiger charge is -2.28. The monoisotopic (exact) mass is 380 g/mol. The molecule has 3 aromatic heterocycles. The van der Waals surface area contributed by atoms with Gasteiger partial charge in [-0.15, -0.1) is 0 Å². The number of carbonyl (C=O) groups excluding carboxylic acids is 1. The number of fused-ring (bicyclic) bond motifs is 2. The van der Waals surface area contributed by atoms with E-state index in [0.717, 1.165) is 46.7 Å². The largest absolute Gasteiger partial charge is 0.386 e. The number of carbonyl (C=O) groups is 1. The highest BCUT2D eigenvalue weighted by Gasteiger charge is 2.34. The van der Waals surface area contributed by atoms with Gasteiger partial charge in [-0.05, 0) is 44.7 Å². The number of aliphatic hydroxyl groups excluding tert-OH is 1. The van der Waals surface area contributed by atoms with Crippen LogP contribution in [0.1, 0.15) is 52.1 Å². The molecule has 1 N–H and O–H groups in total. The Bertz CT molecular complexity index is 1090. The van der Waals surface area contributed by atoms with Crippen LogP contribution in [-0.2, 0) is 20.1 Å². The predicted octanol–water partition coefficient (Wildman–Crippen LogP) is 1.88. The van der Waals surface area contributed by atoms with E-state index in [4.69, 9.17) is 0 Å². The zero-order chi connectivity index (χ0) is 19.6. The Balaban J connectivity index is 1.47. The van der Waals surface area contributed by atoms with Gasteiger partial charge in [0, 0.05) is 19.3 Å². The van der Waals surface area contributed by atoms with Crippen LogP contribution < -0.4 is 0 Å². The highest BCUT2D eigenvalue weighted by Crippen LogP contribution is 2.40. The van der Waals surface area contributed by atoms with Gasteiger partial charge in [-0.25, -0.2) is 4.98 Å². The van der Waals surface area contributed by atoms with Crippen LogP contribution >= 0.6 is 0 Å². The van der Waals surface area contributed by atoms with Crippen molar-refractivity contribution < 1.29 is 9.90 Å². The van der Waals surface area contributed by atoms with E-state index in [1.807, 2.05) is 42.6 Å². The summed E-state index contributed by atoms with van der Waals surface area (Å²) in [6, 6.07) is 3.80. The van der Waals surface area contributed by atoms with Crippen molar-refractivity contribution in [1.29, 1.82) is 0 Å². The second-order valence-electron chi connectivity index (χ2n) is 8.01. The fourth-order valence-electron chi connectivity index (χ4n) is 4.17. The fraction of sp³-hybridized carbons (Fsp3) is 0.500. The van der Waals surface area contributed by atoms with Gasteiger partial charge in [0.15, 0.2) is 5.65 Å². The maximum absolute atomic E-state index is 13.4. The molecule has 1 fully saturated rings. The lowest BCUT2D eigenvalue weighted by Crippen LogP contribution is -2.38. The third kappa shape index (κ3) is 2.71. The Labute approximate surface area is 162 Å². The van der Waals surface area contributed by atoms with E-state index in [1.54, 1.807) is 4.68 Å². The van der Waals surface area contributed by atoms with Gasteiger partial charge in [-0.2, -0.15) is 10.2 Å². The van der Waals surface area contributed by atoms with Gasteiger partial charge in [-0.1, -0.05) is 0 Å². The molecular formula is C20H24N6O2. The Kier molecular flexibility index (Phi) is 3.80. The van der Waals surface area contributed by atoms with E-state index < -0.39 is 6.10 Å². The molecule has 1 aliphatic heterocycles. The number of hydrogen-bond acceptors (Lipinski definition) is 5. The molecule has 0 spiro atoms. The standard InChI is InChI=1S/C20H24N6O2/c1-11-8-15(17-12(2)22-24(3)19(17)21-11)20(28)25-6-7-26-14(10-25)9-16(23-26)18(27)13-4-5-13/h8-9,13,18,27H,4-7,10H2,1-3H3/t18-/m1/s1. The number of nitrogens with zero attached hydrogens (tertiary/aromatic N) is 6. The van der Waals surface area contributed by atoms with Crippen LogP contribution in [0, 0.1) is 19.8 Å². The van der Waals surface area contributed by atoms with E-state index in [1.165, 1.54) is 0 Å². The topological polar surface area (TPSA) is 89.1 Å². The molecule has 146 valence electrons. The molecule has 1 saturated carbocycles. The second-order valence-corrected chi connectivity index (χ2v) is 8.01. The number of aliphatic hydroxyl groups is 1. The molecule has 28 heavy (non-hydrogen) atoms. The predicted molar refractivity (Wildman–Crippen MR) is 103 cm³/mol. The quantitative estimate of drug-likeness (QED) is 0.749. The van der Waals surface area contributed by atoms with Crippen molar-refractivity contribution in [2.45, 2.75) is 45.9 Å². The minimum absolute atomic E-state index is 0.0108. The molecule has 0 radical (unpaired) electrons. The van der Waals surface area contributed by atoms with Crippen molar-refractivity contribution in [3.63, 3.8) is 0 Å². The van der Waals surface area contributed by atoms with Crippen LogP contribution in [0.3, 0.4) is 0 Å². The normalized spacial score (nSPS) is 17.8. The second kappa shape index (κ2) is 6.13. The summed E-state index contributed by atoms with van der Waals surface area (Å²) in [4.78, 5) is 19.8. The number of aromatic nitrogens is 5. The molecule has 0 bridgehead atoms. The van der Waals surface area contributed by atoms with Gasteiger partial charge in [0.2, 0.25) is 0 Å². The molecule has 1 atom stereocenters. The molecule has 8 heteroatoms. The lowest BCUT2D eigenvalue weighted by atomic mass is 10.1. The maximum atomic E-state index is 13.4. The van der Waals surface area contributed by atoms with Crippen molar-refractivity contribution in [3.05, 3.63) is 40.5 Å². The van der Waals surface area contributed by atoms with Crippen LogP contribution in [0.25, 0.3) is 11.0 Å². The summed E-state index contributed by atoms with van der Waals surface area (Å²) in [5, 5.41) is 20.2. The fourth-order valence-corrected chi connectivity index (χ4v) is 4.17. The number of amides is 1. The molecule has 4 heterocycles. The van der Waals surface area contributed by atoms with E-state index in [-0.39, 0.29) is 5.91 Å². The zero-order valence-corrected chi connectivity index (χ0v) is 16.4. The van der Waals surface area contributed by atoms with Crippen LogP contribution in [-0.4, -0.2) is 47.0 Å². The summed E-state index contributed by atoms with van der Waals surface area (Å²) in [5.74, 6) is 0.333. The molecule has 5 rings (SSSR count). The van der Waals surface area contributed by atoms with Crippen LogP contribution in [0.4, 0.5) is 0 Å². The molecule has 0 unspecified atom stereocenters. The van der Waals surface area contributed by atoms with Crippen molar-refractivity contribution in [2.24, 2.45) is 13.0 Å². The summed E-state index contributed by atoms with van der Waals surface area (Å²) in [6.45, 7) is 5.53. The van der Waals surface area contributed by atoms with E-state index >= 15 is 0 Å². The SMILES string of the molecule is Cc1cc(C(=O)N2CCn3nc([C@H](O)C4CC4)cc3C2)c2c(C)nn(C)c2n1. The van der Waals surface area contributed by atoms with E-state index in [9.17, 15) is 9.90 Å². The Morgan fingerprint density at radius 1 is 1.21 bits per heavy atom. The minimum atomic E-state index is -0.484. The van der Waals surface area contributed by atoms with Crippen molar-refractivity contribution in [3.8, 4) is 0 Å². The summed E-state index contributed by atoms with van der Waals surface area (Å²) >= 11 is 0. The minimum Gasteiger partial charge on any atom is -0.386 e. The zero-order valence-electron chi connectivity index (χ0n) is 16.4. The van der Waals surface area contributed by atoms with Crippen LogP contribution in [0.5, 0.6) is 0 Å². The van der Waals surface area contributed by atoms with Gasteiger partial charge >= 0.3 is 0 Å². The van der Waals surface area contributed by atoms with Crippen molar-refractivity contribution in [1.82, 2.24) is 29.4 Å². The third-order valence-corrected chi connectivity index (χ3v) is 5.80. The molecule has 3 aromatic rings. The Morgan fingerprint density at radius 2 is 2.00 bits per heavy atom. The first-order valence-corrected chi connectivity index (χ1v) is 9.77. The highest BCUT2D eigenvalue weighted by molar-refractivity contribution is 6.06. The summed E-state index contributed by atoms with van der Waals surface area (Å²) in [7, 11) is 1.85. The average molecular weight is 380 g/mol. The highest BCUT2D eigenvalue weighted by atomic mass is 16.3. The first-order chi connectivity index (χ1) is 13.4. The van der Waals surface area contributed by atoms with E-state index in [0.29, 0.717) is 31.1 Å². The molecule has 1 aliphatic carbocycles. The Morgan fingerprint density at radius 3 is 2.75 bits per heavy atom. The lowest BCUT2D eigenvalue weighted by molar-refractivity contribution is 0.0707. The molecule has 0 aromatic carbocycles. The van der Waals surface area contributed by atoms with Gasteiger partial charge in [0.1, 0.15) is 6.10 Å². The third-order valence-electron chi connectivity index (χ3n) is 5.80. The van der Waals surface area contributed by atoms with Gasteiger partial charge in [0.05, 0.1) is 41.1 Å². The number of aryl methyl sites for hydroxylation is 3. The molecule has 2 aliphatic rings. The van der Waals surface area contributed by atoms with Crippen molar-refractivity contribution in [2.75, 3.05) is 6.54 Å². The Hall–Kier alpha value is -2.74. The van der Waals surface area contributed by atoms with Crippen LogP contribution in [0.2, 0.25) is 0 Å². The van der Waals surface area contributed by atoms with Gasteiger partial charge < -0.3 is 10.0 Å².